The van der Waals surface area contributed by atoms with Crippen molar-refractivity contribution >= 4 is 37.5 Å². The predicted octanol–water partition coefficient (Wildman–Crippen LogP) is 2.42. The van der Waals surface area contributed by atoms with Crippen molar-refractivity contribution in [3.8, 4) is 0 Å². The third kappa shape index (κ3) is 2.03. The van der Waals surface area contributed by atoms with Gasteiger partial charge in [-0.3, -0.25) is 0 Å². The first-order valence-electron chi connectivity index (χ1n) is 4.88. The minimum Gasteiger partial charge on any atom is -0.545 e. The Labute approximate surface area is 117 Å². The summed E-state index contributed by atoms with van der Waals surface area (Å²) in [5.74, 6) is -1.13. The molecule has 1 heterocycles. The standard InChI is InChI=1S/C13H8O2S.Ag/c14-13(15)8-5-6-10-9-3-1-2-4-11(9)16-12(10)7-8;/h1-7H,(H,14,15);/q;+1/p-1. The van der Waals surface area contributed by atoms with Crippen LogP contribution in [0, 0.1) is 0 Å². The van der Waals surface area contributed by atoms with Crippen molar-refractivity contribution in [1.82, 2.24) is 0 Å². The number of hydrogen-bond donors (Lipinski definition) is 0. The number of carboxylic acids is 1. The fraction of sp³-hybridized carbons (Fsp3) is 0. The first kappa shape index (κ1) is 12.3. The van der Waals surface area contributed by atoms with Crippen molar-refractivity contribution in [2.24, 2.45) is 0 Å². The van der Waals surface area contributed by atoms with Crippen LogP contribution in [0.3, 0.4) is 0 Å². The number of thiophene rings is 1. The monoisotopic (exact) mass is 334 g/mol. The number of benzene rings is 2. The number of carbonyl (C=O) groups is 1. The topological polar surface area (TPSA) is 40.1 Å². The Hall–Kier alpha value is -1.13. The summed E-state index contributed by atoms with van der Waals surface area (Å²) in [5, 5.41) is 13.0. The van der Waals surface area contributed by atoms with E-state index in [0.717, 1.165) is 10.1 Å². The molecule has 3 aromatic rings. The minimum atomic E-state index is -1.13. The molecule has 0 aliphatic heterocycles. The second-order valence-corrected chi connectivity index (χ2v) is 4.68. The predicted molar refractivity (Wildman–Crippen MR) is 63.7 cm³/mol. The number of rotatable bonds is 1. The molecule has 0 saturated heterocycles. The Kier molecular flexibility index (Phi) is 3.35. The van der Waals surface area contributed by atoms with E-state index < -0.39 is 5.97 Å². The van der Waals surface area contributed by atoms with Gasteiger partial charge in [-0.15, -0.1) is 11.3 Å². The van der Waals surface area contributed by atoms with E-state index in [1.165, 1.54) is 10.1 Å². The summed E-state index contributed by atoms with van der Waals surface area (Å²) >= 11 is 1.60. The van der Waals surface area contributed by atoms with E-state index in [0.29, 0.717) is 0 Å². The average molecular weight is 335 g/mol. The zero-order valence-corrected chi connectivity index (χ0v) is 10.9. The Bertz CT molecular complexity index is 703. The molecule has 0 amide bonds. The van der Waals surface area contributed by atoms with Crippen molar-refractivity contribution in [3.63, 3.8) is 0 Å². The molecule has 0 saturated carbocycles. The third-order valence-electron chi connectivity index (χ3n) is 2.61. The Morgan fingerprint density at radius 1 is 1.00 bits per heavy atom. The van der Waals surface area contributed by atoms with E-state index in [4.69, 9.17) is 0 Å². The number of fused-ring (bicyclic) bond motifs is 3. The van der Waals surface area contributed by atoms with E-state index in [-0.39, 0.29) is 27.9 Å². The van der Waals surface area contributed by atoms with Crippen molar-refractivity contribution in [2.45, 2.75) is 0 Å². The number of aromatic carboxylic acids is 1. The molecular formula is C13H7AgO2S. The molecule has 0 radical (unpaired) electrons. The quantitative estimate of drug-likeness (QED) is 0.641. The van der Waals surface area contributed by atoms with Crippen LogP contribution >= 0.6 is 11.3 Å². The molecule has 0 bridgehead atoms. The van der Waals surface area contributed by atoms with Crippen molar-refractivity contribution < 1.29 is 32.3 Å². The van der Waals surface area contributed by atoms with E-state index in [2.05, 4.69) is 0 Å². The molecule has 0 N–H and O–H groups in total. The smallest absolute Gasteiger partial charge is 0.545 e. The van der Waals surface area contributed by atoms with Gasteiger partial charge in [-0.2, -0.15) is 0 Å². The number of carboxylic acid groups (broad SMARTS) is 1. The maximum atomic E-state index is 10.8. The fourth-order valence-corrected chi connectivity index (χ4v) is 3.00. The van der Waals surface area contributed by atoms with Crippen molar-refractivity contribution in [2.75, 3.05) is 0 Å². The molecule has 0 unspecified atom stereocenters. The van der Waals surface area contributed by atoms with E-state index >= 15 is 0 Å². The summed E-state index contributed by atoms with van der Waals surface area (Å²) in [6.45, 7) is 0. The molecule has 4 heteroatoms. The van der Waals surface area contributed by atoms with Gasteiger partial charge in [-0.05, 0) is 17.7 Å². The number of hydrogen-bond acceptors (Lipinski definition) is 3. The van der Waals surface area contributed by atoms with Gasteiger partial charge in [0.15, 0.2) is 0 Å². The SMILES string of the molecule is O=C([O-])c1ccc2c(c1)sc1ccccc12.[Ag+]. The summed E-state index contributed by atoms with van der Waals surface area (Å²) in [7, 11) is 0. The summed E-state index contributed by atoms with van der Waals surface area (Å²) in [4.78, 5) is 10.8. The van der Waals surface area contributed by atoms with Gasteiger partial charge in [-0.1, -0.05) is 30.3 Å². The fourth-order valence-electron chi connectivity index (χ4n) is 1.85. The second kappa shape index (κ2) is 4.63. The molecule has 2 aromatic carbocycles. The van der Waals surface area contributed by atoms with E-state index in [9.17, 15) is 9.90 Å². The molecule has 0 aliphatic carbocycles. The molecule has 88 valence electrons. The van der Waals surface area contributed by atoms with Crippen LogP contribution in [-0.4, -0.2) is 5.97 Å². The minimum absolute atomic E-state index is 0. The van der Waals surface area contributed by atoms with Crippen LogP contribution in [-0.2, 0) is 22.4 Å². The summed E-state index contributed by atoms with van der Waals surface area (Å²) < 4.78 is 2.16. The van der Waals surface area contributed by atoms with Crippen molar-refractivity contribution in [3.05, 3.63) is 48.0 Å². The second-order valence-electron chi connectivity index (χ2n) is 3.60. The largest absolute Gasteiger partial charge is 1.00 e. The van der Waals surface area contributed by atoms with E-state index in [1.54, 1.807) is 23.5 Å². The molecule has 3 rings (SSSR count). The summed E-state index contributed by atoms with van der Waals surface area (Å²) in [5.41, 5.74) is 0.235. The average Bonchev–Trinajstić information content (AvgIpc) is 2.66. The molecule has 17 heavy (non-hydrogen) atoms. The van der Waals surface area contributed by atoms with Crippen LogP contribution < -0.4 is 5.11 Å². The van der Waals surface area contributed by atoms with Gasteiger partial charge in [0.2, 0.25) is 0 Å². The van der Waals surface area contributed by atoms with Crippen LogP contribution in [0.5, 0.6) is 0 Å². The van der Waals surface area contributed by atoms with Crippen LogP contribution in [0.4, 0.5) is 0 Å². The third-order valence-corrected chi connectivity index (χ3v) is 3.75. The Morgan fingerprint density at radius 2 is 1.71 bits per heavy atom. The van der Waals surface area contributed by atoms with Gasteiger partial charge in [0.05, 0.1) is 5.97 Å². The zero-order valence-electron chi connectivity index (χ0n) is 8.57. The van der Waals surface area contributed by atoms with Gasteiger partial charge in [0, 0.05) is 20.2 Å². The van der Waals surface area contributed by atoms with Gasteiger partial charge >= 0.3 is 22.4 Å². The van der Waals surface area contributed by atoms with E-state index in [1.807, 2.05) is 30.3 Å². The molecule has 1 aromatic heterocycles. The molecule has 0 aliphatic rings. The molecule has 0 fully saturated rings. The molecule has 2 nitrogen and oxygen atoms in total. The Balaban J connectivity index is 0.00000108. The summed E-state index contributed by atoms with van der Waals surface area (Å²) in [6.07, 6.45) is 0. The molecule has 0 atom stereocenters. The number of carbonyl (C=O) groups excluding carboxylic acids is 1. The summed E-state index contributed by atoms with van der Waals surface area (Å²) in [6, 6.07) is 13.2. The van der Waals surface area contributed by atoms with Crippen molar-refractivity contribution in [1.29, 1.82) is 0 Å². The first-order valence-corrected chi connectivity index (χ1v) is 5.70. The van der Waals surface area contributed by atoms with Gasteiger partial charge in [0.25, 0.3) is 0 Å². The van der Waals surface area contributed by atoms with Crippen LogP contribution in [0.1, 0.15) is 10.4 Å². The zero-order chi connectivity index (χ0) is 11.1. The maximum Gasteiger partial charge on any atom is 1.00 e. The van der Waals surface area contributed by atoms with Gasteiger partial charge in [-0.25, -0.2) is 0 Å². The maximum absolute atomic E-state index is 10.8. The molecular weight excluding hydrogens is 328 g/mol. The van der Waals surface area contributed by atoms with Crippen LogP contribution in [0.15, 0.2) is 42.5 Å². The molecule has 0 spiro atoms. The van der Waals surface area contributed by atoms with Gasteiger partial charge < -0.3 is 9.90 Å². The normalized spacial score (nSPS) is 10.4. The first-order chi connectivity index (χ1) is 7.75. The van der Waals surface area contributed by atoms with Gasteiger partial charge in [0.1, 0.15) is 0 Å². The van der Waals surface area contributed by atoms with Crippen LogP contribution in [0.25, 0.3) is 20.2 Å². The van der Waals surface area contributed by atoms with Crippen LogP contribution in [0.2, 0.25) is 0 Å². The Morgan fingerprint density at radius 3 is 2.47 bits per heavy atom.